The number of carbonyl (C=O) groups excluding carboxylic acids is 2. The number of hydrogen-bond donors (Lipinski definition) is 2. The Bertz CT molecular complexity index is 863. The van der Waals surface area contributed by atoms with E-state index in [4.69, 9.17) is 14.6 Å². The fraction of sp³-hybridized carbons (Fsp3) is 0.250. The van der Waals surface area contributed by atoms with Gasteiger partial charge in [0.25, 0.3) is 5.91 Å². The first-order chi connectivity index (χ1) is 13.5. The molecule has 2 aromatic rings. The summed E-state index contributed by atoms with van der Waals surface area (Å²) in [6.07, 6.45) is -0.000877. The Morgan fingerprint density at radius 1 is 1.11 bits per heavy atom. The smallest absolute Gasteiger partial charge is 0.308 e. The third-order valence-corrected chi connectivity index (χ3v) is 4.37. The second kappa shape index (κ2) is 8.43. The van der Waals surface area contributed by atoms with Crippen molar-refractivity contribution in [3.63, 3.8) is 0 Å². The minimum atomic E-state index is -0.973. The van der Waals surface area contributed by atoms with E-state index in [1.165, 1.54) is 4.90 Å². The van der Waals surface area contributed by atoms with Gasteiger partial charge in [-0.1, -0.05) is 0 Å². The zero-order valence-electron chi connectivity index (χ0n) is 15.3. The second-order valence-corrected chi connectivity index (χ2v) is 6.30. The van der Waals surface area contributed by atoms with E-state index >= 15 is 0 Å². The number of nitrogens with zero attached hydrogens (tertiary/aromatic N) is 1. The Morgan fingerprint density at radius 2 is 1.75 bits per heavy atom. The molecule has 146 valence electrons. The predicted molar refractivity (Wildman–Crippen MR) is 102 cm³/mol. The molecule has 0 saturated carbocycles. The highest BCUT2D eigenvalue weighted by Crippen LogP contribution is 2.27. The van der Waals surface area contributed by atoms with Crippen molar-refractivity contribution in [3.05, 3.63) is 48.5 Å². The quantitative estimate of drug-likeness (QED) is 0.758. The summed E-state index contributed by atoms with van der Waals surface area (Å²) in [5.41, 5.74) is 1.23. The van der Waals surface area contributed by atoms with Crippen LogP contribution in [0, 0.1) is 5.92 Å². The van der Waals surface area contributed by atoms with Gasteiger partial charge in [-0.2, -0.15) is 0 Å². The number of nitrogens with one attached hydrogen (secondary N) is 1. The molecule has 28 heavy (non-hydrogen) atoms. The van der Waals surface area contributed by atoms with Gasteiger partial charge in [0.1, 0.15) is 11.5 Å². The van der Waals surface area contributed by atoms with Crippen LogP contribution in [0.15, 0.2) is 48.5 Å². The first kappa shape index (κ1) is 19.2. The number of ether oxygens (including phenoxy) is 2. The van der Waals surface area contributed by atoms with E-state index in [1.807, 2.05) is 0 Å². The molecule has 0 unspecified atom stereocenters. The predicted octanol–water partition coefficient (Wildman–Crippen LogP) is 2.15. The van der Waals surface area contributed by atoms with Gasteiger partial charge in [-0.05, 0) is 48.5 Å². The molecule has 0 radical (unpaired) electrons. The van der Waals surface area contributed by atoms with Crippen LogP contribution in [-0.2, 0) is 14.4 Å². The van der Waals surface area contributed by atoms with Crippen LogP contribution in [0.4, 0.5) is 11.4 Å². The minimum Gasteiger partial charge on any atom is -0.497 e. The molecular formula is C20H20N2O6. The number of carboxylic acids is 1. The monoisotopic (exact) mass is 384 g/mol. The van der Waals surface area contributed by atoms with Crippen LogP contribution in [-0.4, -0.2) is 43.2 Å². The molecule has 1 aliphatic heterocycles. The van der Waals surface area contributed by atoms with E-state index in [2.05, 4.69) is 5.32 Å². The normalized spacial score (nSPS) is 16.0. The van der Waals surface area contributed by atoms with Crippen LogP contribution in [0.3, 0.4) is 0 Å². The van der Waals surface area contributed by atoms with Gasteiger partial charge in [0.05, 0.1) is 13.0 Å². The van der Waals surface area contributed by atoms with Gasteiger partial charge in [0.15, 0.2) is 6.61 Å². The summed E-state index contributed by atoms with van der Waals surface area (Å²) in [6.45, 7) is -0.0201. The molecule has 0 aliphatic carbocycles. The summed E-state index contributed by atoms with van der Waals surface area (Å²) in [7, 11) is 1.57. The lowest BCUT2D eigenvalue weighted by molar-refractivity contribution is -0.141. The molecule has 2 N–H and O–H groups in total. The summed E-state index contributed by atoms with van der Waals surface area (Å²) in [6, 6.07) is 13.5. The third kappa shape index (κ3) is 4.59. The van der Waals surface area contributed by atoms with Crippen molar-refractivity contribution in [2.75, 3.05) is 30.5 Å². The zero-order chi connectivity index (χ0) is 20.1. The number of benzene rings is 2. The van der Waals surface area contributed by atoms with Gasteiger partial charge < -0.3 is 24.8 Å². The first-order valence-electron chi connectivity index (χ1n) is 8.66. The molecular weight excluding hydrogens is 364 g/mol. The number of aliphatic carboxylic acids is 1. The maximum absolute atomic E-state index is 12.0. The fourth-order valence-corrected chi connectivity index (χ4v) is 2.87. The lowest BCUT2D eigenvalue weighted by atomic mass is 10.1. The number of hydrogen-bond acceptors (Lipinski definition) is 5. The van der Waals surface area contributed by atoms with Crippen LogP contribution < -0.4 is 19.7 Å². The van der Waals surface area contributed by atoms with Gasteiger partial charge >= 0.3 is 5.97 Å². The molecule has 1 atom stereocenters. The van der Waals surface area contributed by atoms with Crippen molar-refractivity contribution in [1.29, 1.82) is 0 Å². The average molecular weight is 384 g/mol. The summed E-state index contributed by atoms with van der Waals surface area (Å²) in [5.74, 6) is -1.03. The molecule has 8 heteroatoms. The molecule has 2 amide bonds. The minimum absolute atomic E-state index is 0.000877. The van der Waals surface area contributed by atoms with E-state index in [9.17, 15) is 14.4 Å². The number of methoxy groups -OCH3 is 1. The van der Waals surface area contributed by atoms with Crippen LogP contribution in [0.5, 0.6) is 11.5 Å². The highest BCUT2D eigenvalue weighted by molar-refractivity contribution is 5.99. The number of carbonyl (C=O) groups is 3. The number of amides is 2. The molecule has 1 fully saturated rings. The van der Waals surface area contributed by atoms with E-state index in [0.717, 1.165) is 0 Å². The van der Waals surface area contributed by atoms with Gasteiger partial charge in [0, 0.05) is 24.3 Å². The Hall–Kier alpha value is -3.55. The van der Waals surface area contributed by atoms with Crippen molar-refractivity contribution >= 4 is 29.2 Å². The van der Waals surface area contributed by atoms with E-state index in [1.54, 1.807) is 55.6 Å². The largest absolute Gasteiger partial charge is 0.497 e. The molecule has 8 nitrogen and oxygen atoms in total. The third-order valence-electron chi connectivity index (χ3n) is 4.37. The van der Waals surface area contributed by atoms with Gasteiger partial charge in [-0.3, -0.25) is 14.4 Å². The van der Waals surface area contributed by atoms with Crippen molar-refractivity contribution in [1.82, 2.24) is 0 Å². The van der Waals surface area contributed by atoms with Crippen molar-refractivity contribution in [2.24, 2.45) is 5.92 Å². The van der Waals surface area contributed by atoms with Crippen LogP contribution in [0.1, 0.15) is 6.42 Å². The van der Waals surface area contributed by atoms with E-state index in [0.29, 0.717) is 22.9 Å². The van der Waals surface area contributed by atoms with Crippen molar-refractivity contribution in [2.45, 2.75) is 6.42 Å². The van der Waals surface area contributed by atoms with Gasteiger partial charge in [0.2, 0.25) is 5.91 Å². The zero-order valence-corrected chi connectivity index (χ0v) is 15.3. The molecule has 0 spiro atoms. The molecule has 0 aromatic heterocycles. The lowest BCUT2D eigenvalue weighted by Gasteiger charge is -2.16. The highest BCUT2D eigenvalue weighted by atomic mass is 16.5. The maximum atomic E-state index is 12.0. The molecule has 0 bridgehead atoms. The Kier molecular flexibility index (Phi) is 5.78. The molecule has 3 rings (SSSR count). The Labute approximate surface area is 161 Å². The van der Waals surface area contributed by atoms with E-state index < -0.39 is 11.9 Å². The summed E-state index contributed by atoms with van der Waals surface area (Å²) in [5, 5.41) is 11.8. The van der Waals surface area contributed by atoms with Crippen molar-refractivity contribution < 1.29 is 29.0 Å². The highest BCUT2D eigenvalue weighted by Gasteiger charge is 2.34. The molecule has 2 aromatic carbocycles. The van der Waals surface area contributed by atoms with Crippen LogP contribution in [0.2, 0.25) is 0 Å². The average Bonchev–Trinajstić information content (AvgIpc) is 3.09. The number of rotatable bonds is 7. The molecule has 1 heterocycles. The second-order valence-electron chi connectivity index (χ2n) is 6.30. The van der Waals surface area contributed by atoms with Gasteiger partial charge in [-0.25, -0.2) is 0 Å². The molecule has 1 saturated heterocycles. The Balaban J connectivity index is 1.52. The standard InChI is InChI=1S/C20H20N2O6/c1-27-16-6-2-14(3-7-16)21-18(23)12-28-17-8-4-15(5-9-17)22-11-13(20(25)26)10-19(22)24/h2-9,13H,10-12H2,1H3,(H,21,23)(H,25,26)/t13-/m1/s1. The lowest BCUT2D eigenvalue weighted by Crippen LogP contribution is -2.25. The molecule has 1 aliphatic rings. The van der Waals surface area contributed by atoms with E-state index in [-0.39, 0.29) is 31.4 Å². The summed E-state index contributed by atoms with van der Waals surface area (Å²) in [4.78, 5) is 36.4. The topological polar surface area (TPSA) is 105 Å². The van der Waals surface area contributed by atoms with Gasteiger partial charge in [-0.15, -0.1) is 0 Å². The fourth-order valence-electron chi connectivity index (χ4n) is 2.87. The number of anilines is 2. The maximum Gasteiger partial charge on any atom is 0.308 e. The summed E-state index contributed by atoms with van der Waals surface area (Å²) >= 11 is 0. The van der Waals surface area contributed by atoms with Crippen LogP contribution in [0.25, 0.3) is 0 Å². The SMILES string of the molecule is COc1ccc(NC(=O)COc2ccc(N3C[C@H](C(=O)O)CC3=O)cc2)cc1. The van der Waals surface area contributed by atoms with Crippen LogP contribution >= 0.6 is 0 Å². The van der Waals surface area contributed by atoms with Crippen molar-refractivity contribution in [3.8, 4) is 11.5 Å². The first-order valence-corrected chi connectivity index (χ1v) is 8.66. The number of carboxylic acid groups (broad SMARTS) is 1. The Morgan fingerprint density at radius 3 is 2.32 bits per heavy atom. The summed E-state index contributed by atoms with van der Waals surface area (Å²) < 4.78 is 10.5.